The normalized spacial score (nSPS) is 11.4. The molecule has 0 atom stereocenters. The molecule has 0 aliphatic heterocycles. The molecule has 2 aromatic rings. The van der Waals surface area contributed by atoms with Crippen LogP contribution in [0.4, 0.5) is 0 Å². The van der Waals surface area contributed by atoms with Gasteiger partial charge in [0.15, 0.2) is 0 Å². The van der Waals surface area contributed by atoms with Gasteiger partial charge in [-0.05, 0) is 27.7 Å². The summed E-state index contributed by atoms with van der Waals surface area (Å²) in [7, 11) is 0. The maximum Gasteiger partial charge on any atom is 0.263 e. The van der Waals surface area contributed by atoms with Gasteiger partial charge in [0.05, 0.1) is 5.69 Å². The molecule has 0 aliphatic rings. The summed E-state index contributed by atoms with van der Waals surface area (Å²) in [6.07, 6.45) is 0. The Kier molecular flexibility index (Phi) is 3.71. The Morgan fingerprint density at radius 1 is 1.21 bits per heavy atom. The number of carbonyl (C=O) groups is 1. The monoisotopic (exact) mass is 274 g/mol. The van der Waals surface area contributed by atoms with E-state index in [0.29, 0.717) is 4.88 Å². The number of aryl methyl sites for hydroxylation is 1. The van der Waals surface area contributed by atoms with Crippen molar-refractivity contribution in [3.63, 3.8) is 0 Å². The van der Waals surface area contributed by atoms with Gasteiger partial charge in [-0.1, -0.05) is 30.3 Å². The summed E-state index contributed by atoms with van der Waals surface area (Å²) in [5, 5.41) is 3.86. The van der Waals surface area contributed by atoms with E-state index in [0.717, 1.165) is 16.3 Å². The van der Waals surface area contributed by atoms with Crippen molar-refractivity contribution in [3.8, 4) is 10.6 Å². The first-order valence-corrected chi connectivity index (χ1v) is 7.04. The lowest BCUT2D eigenvalue weighted by molar-refractivity contribution is 0.0923. The van der Waals surface area contributed by atoms with E-state index in [9.17, 15) is 4.79 Å². The van der Waals surface area contributed by atoms with Gasteiger partial charge in [-0.3, -0.25) is 4.79 Å². The Labute approximate surface area is 117 Å². The number of hydrogen-bond donors (Lipinski definition) is 1. The molecule has 0 bridgehead atoms. The zero-order chi connectivity index (χ0) is 14.0. The third-order valence-electron chi connectivity index (χ3n) is 2.51. The highest BCUT2D eigenvalue weighted by Crippen LogP contribution is 2.27. The molecule has 1 N–H and O–H groups in total. The largest absolute Gasteiger partial charge is 0.347 e. The summed E-state index contributed by atoms with van der Waals surface area (Å²) < 4.78 is 0. The average molecular weight is 274 g/mol. The highest BCUT2D eigenvalue weighted by atomic mass is 32.1. The summed E-state index contributed by atoms with van der Waals surface area (Å²) in [4.78, 5) is 17.4. The second-order valence-corrected chi connectivity index (χ2v) is 6.50. The van der Waals surface area contributed by atoms with Crippen molar-refractivity contribution in [1.29, 1.82) is 0 Å². The van der Waals surface area contributed by atoms with Crippen LogP contribution in [0, 0.1) is 6.92 Å². The van der Waals surface area contributed by atoms with Crippen LogP contribution in [-0.2, 0) is 0 Å². The SMILES string of the molecule is Cc1nc(-c2ccccc2)sc1C(=O)NC(C)(C)C. The first-order chi connectivity index (χ1) is 8.87. The quantitative estimate of drug-likeness (QED) is 0.908. The van der Waals surface area contributed by atoms with Crippen LogP contribution in [-0.4, -0.2) is 16.4 Å². The molecule has 0 unspecified atom stereocenters. The van der Waals surface area contributed by atoms with Crippen molar-refractivity contribution in [1.82, 2.24) is 10.3 Å². The molecule has 0 saturated carbocycles. The molecule has 19 heavy (non-hydrogen) atoms. The molecule has 100 valence electrons. The molecule has 1 aromatic heterocycles. The van der Waals surface area contributed by atoms with Crippen molar-refractivity contribution in [2.45, 2.75) is 33.2 Å². The third-order valence-corrected chi connectivity index (χ3v) is 3.72. The standard InChI is InChI=1S/C15H18N2OS/c1-10-12(13(18)17-15(2,3)4)19-14(16-10)11-8-6-5-7-9-11/h5-9H,1-4H3,(H,17,18). The number of nitrogens with zero attached hydrogens (tertiary/aromatic N) is 1. The summed E-state index contributed by atoms with van der Waals surface area (Å²) in [6, 6.07) is 9.92. The Morgan fingerprint density at radius 2 is 1.84 bits per heavy atom. The van der Waals surface area contributed by atoms with Gasteiger partial charge in [0.1, 0.15) is 9.88 Å². The minimum absolute atomic E-state index is 0.0512. The Hall–Kier alpha value is -1.68. The molecule has 0 aliphatic carbocycles. The van der Waals surface area contributed by atoms with Gasteiger partial charge in [-0.25, -0.2) is 4.98 Å². The zero-order valence-corrected chi connectivity index (χ0v) is 12.5. The van der Waals surface area contributed by atoms with Crippen molar-refractivity contribution >= 4 is 17.2 Å². The van der Waals surface area contributed by atoms with Gasteiger partial charge < -0.3 is 5.32 Å². The number of carbonyl (C=O) groups excluding carboxylic acids is 1. The van der Waals surface area contributed by atoms with Crippen molar-refractivity contribution in [2.24, 2.45) is 0 Å². The molecule has 2 rings (SSSR count). The number of rotatable bonds is 2. The third kappa shape index (κ3) is 3.41. The molecule has 1 amide bonds. The smallest absolute Gasteiger partial charge is 0.263 e. The number of thiazole rings is 1. The predicted molar refractivity (Wildman–Crippen MR) is 79.5 cm³/mol. The van der Waals surface area contributed by atoms with E-state index < -0.39 is 0 Å². The van der Waals surface area contributed by atoms with Gasteiger partial charge in [0.2, 0.25) is 0 Å². The first kappa shape index (κ1) is 13.7. The second kappa shape index (κ2) is 5.13. The highest BCUT2D eigenvalue weighted by Gasteiger charge is 2.20. The lowest BCUT2D eigenvalue weighted by Gasteiger charge is -2.19. The number of hydrogen-bond acceptors (Lipinski definition) is 3. The topological polar surface area (TPSA) is 42.0 Å². The van der Waals surface area contributed by atoms with Crippen LogP contribution in [0.1, 0.15) is 36.1 Å². The summed E-state index contributed by atoms with van der Waals surface area (Å²) in [6.45, 7) is 7.79. The molecule has 3 nitrogen and oxygen atoms in total. The summed E-state index contributed by atoms with van der Waals surface area (Å²) in [5.41, 5.74) is 1.59. The fourth-order valence-corrected chi connectivity index (χ4v) is 2.68. The Balaban J connectivity index is 2.30. The van der Waals surface area contributed by atoms with E-state index in [-0.39, 0.29) is 11.4 Å². The fraction of sp³-hybridized carbons (Fsp3) is 0.333. The molecule has 0 saturated heterocycles. The van der Waals surface area contributed by atoms with Crippen molar-refractivity contribution in [2.75, 3.05) is 0 Å². The zero-order valence-electron chi connectivity index (χ0n) is 11.7. The maximum absolute atomic E-state index is 12.2. The van der Waals surface area contributed by atoms with Gasteiger partial charge in [0, 0.05) is 11.1 Å². The highest BCUT2D eigenvalue weighted by molar-refractivity contribution is 7.17. The van der Waals surface area contributed by atoms with E-state index in [4.69, 9.17) is 0 Å². The van der Waals surface area contributed by atoms with Crippen LogP contribution < -0.4 is 5.32 Å². The fourth-order valence-electron chi connectivity index (χ4n) is 1.71. The van der Waals surface area contributed by atoms with Gasteiger partial charge in [0.25, 0.3) is 5.91 Å². The van der Waals surface area contributed by atoms with Gasteiger partial charge in [-0.15, -0.1) is 11.3 Å². The lowest BCUT2D eigenvalue weighted by Crippen LogP contribution is -2.40. The second-order valence-electron chi connectivity index (χ2n) is 5.50. The molecule has 0 spiro atoms. The Morgan fingerprint density at radius 3 is 2.42 bits per heavy atom. The van der Waals surface area contributed by atoms with E-state index in [1.807, 2.05) is 58.0 Å². The molecular formula is C15H18N2OS. The number of benzene rings is 1. The molecule has 1 aromatic carbocycles. The minimum atomic E-state index is -0.236. The van der Waals surface area contributed by atoms with Gasteiger partial charge in [-0.2, -0.15) is 0 Å². The number of nitrogens with one attached hydrogen (secondary N) is 1. The van der Waals surface area contributed by atoms with E-state index >= 15 is 0 Å². The average Bonchev–Trinajstić information content (AvgIpc) is 2.70. The Bertz CT molecular complexity index is 582. The number of amides is 1. The summed E-state index contributed by atoms with van der Waals surface area (Å²) >= 11 is 1.44. The van der Waals surface area contributed by atoms with Gasteiger partial charge >= 0.3 is 0 Å². The van der Waals surface area contributed by atoms with Crippen LogP contribution in [0.5, 0.6) is 0 Å². The maximum atomic E-state index is 12.2. The van der Waals surface area contributed by atoms with E-state index in [1.54, 1.807) is 0 Å². The van der Waals surface area contributed by atoms with Crippen molar-refractivity contribution in [3.05, 3.63) is 40.9 Å². The molecule has 0 radical (unpaired) electrons. The number of aromatic nitrogens is 1. The van der Waals surface area contributed by atoms with Crippen LogP contribution in [0.15, 0.2) is 30.3 Å². The van der Waals surface area contributed by atoms with E-state index in [2.05, 4.69) is 10.3 Å². The van der Waals surface area contributed by atoms with Crippen LogP contribution >= 0.6 is 11.3 Å². The molecule has 1 heterocycles. The molecule has 4 heteroatoms. The summed E-state index contributed by atoms with van der Waals surface area (Å²) in [5.74, 6) is -0.0512. The first-order valence-electron chi connectivity index (χ1n) is 6.22. The van der Waals surface area contributed by atoms with Crippen LogP contribution in [0.2, 0.25) is 0 Å². The van der Waals surface area contributed by atoms with Crippen LogP contribution in [0.25, 0.3) is 10.6 Å². The minimum Gasteiger partial charge on any atom is -0.347 e. The van der Waals surface area contributed by atoms with Crippen LogP contribution in [0.3, 0.4) is 0 Å². The predicted octanol–water partition coefficient (Wildman–Crippen LogP) is 3.65. The lowest BCUT2D eigenvalue weighted by atomic mass is 10.1. The van der Waals surface area contributed by atoms with E-state index in [1.165, 1.54) is 11.3 Å². The molecule has 0 fully saturated rings. The molecular weight excluding hydrogens is 256 g/mol. The van der Waals surface area contributed by atoms with Crippen molar-refractivity contribution < 1.29 is 4.79 Å².